The first kappa shape index (κ1) is 17.5. The SMILES string of the molecule is Cc1ccc(Nc2ccnc(C(=O)Nc3ccc(F)cc3F)c2)c(C)c1. The fourth-order valence-electron chi connectivity index (χ4n) is 2.52. The van der Waals surface area contributed by atoms with Gasteiger partial charge in [-0.05, 0) is 49.7 Å². The minimum atomic E-state index is -0.845. The van der Waals surface area contributed by atoms with Gasteiger partial charge in [0.1, 0.15) is 17.3 Å². The zero-order valence-corrected chi connectivity index (χ0v) is 14.3. The number of hydrogen-bond acceptors (Lipinski definition) is 3. The Bertz CT molecular complexity index is 973. The summed E-state index contributed by atoms with van der Waals surface area (Å²) in [6, 6.07) is 12.2. The van der Waals surface area contributed by atoms with Crippen LogP contribution in [0.1, 0.15) is 21.6 Å². The van der Waals surface area contributed by atoms with Crippen molar-refractivity contribution >= 4 is 23.0 Å². The summed E-state index contributed by atoms with van der Waals surface area (Å²) in [7, 11) is 0. The molecule has 0 atom stereocenters. The van der Waals surface area contributed by atoms with Crippen molar-refractivity contribution in [2.75, 3.05) is 10.6 Å². The Kier molecular flexibility index (Phi) is 4.93. The first-order valence-electron chi connectivity index (χ1n) is 7.99. The molecule has 3 aromatic rings. The third kappa shape index (κ3) is 4.03. The molecule has 3 rings (SSSR count). The molecule has 2 N–H and O–H groups in total. The second kappa shape index (κ2) is 7.31. The summed E-state index contributed by atoms with van der Waals surface area (Å²) in [5.74, 6) is -2.14. The van der Waals surface area contributed by atoms with Gasteiger partial charge in [0, 0.05) is 23.6 Å². The molecule has 0 bridgehead atoms. The molecule has 1 amide bonds. The van der Waals surface area contributed by atoms with Gasteiger partial charge in [0.25, 0.3) is 5.91 Å². The van der Waals surface area contributed by atoms with Crippen LogP contribution in [-0.2, 0) is 0 Å². The third-order valence-corrected chi connectivity index (χ3v) is 3.83. The number of pyridine rings is 1. The van der Waals surface area contributed by atoms with Crippen molar-refractivity contribution in [3.8, 4) is 0 Å². The number of rotatable bonds is 4. The van der Waals surface area contributed by atoms with E-state index in [-0.39, 0.29) is 11.4 Å². The highest BCUT2D eigenvalue weighted by molar-refractivity contribution is 6.03. The maximum Gasteiger partial charge on any atom is 0.274 e. The molecule has 0 aliphatic heterocycles. The van der Waals surface area contributed by atoms with E-state index in [2.05, 4.69) is 21.7 Å². The monoisotopic (exact) mass is 353 g/mol. The largest absolute Gasteiger partial charge is 0.355 e. The Labute approximate surface area is 149 Å². The summed E-state index contributed by atoms with van der Waals surface area (Å²) >= 11 is 0. The molecule has 2 aromatic carbocycles. The van der Waals surface area contributed by atoms with Gasteiger partial charge in [-0.15, -0.1) is 0 Å². The average Bonchev–Trinajstić information content (AvgIpc) is 2.60. The van der Waals surface area contributed by atoms with Crippen LogP contribution >= 0.6 is 0 Å². The first-order chi connectivity index (χ1) is 12.4. The van der Waals surface area contributed by atoms with E-state index in [1.165, 1.54) is 12.3 Å². The number of halogens is 2. The van der Waals surface area contributed by atoms with Gasteiger partial charge >= 0.3 is 0 Å². The molecule has 0 spiro atoms. The number of aryl methyl sites for hydroxylation is 2. The number of aromatic nitrogens is 1. The second-order valence-electron chi connectivity index (χ2n) is 5.95. The predicted octanol–water partition coefficient (Wildman–Crippen LogP) is 4.97. The quantitative estimate of drug-likeness (QED) is 0.696. The highest BCUT2D eigenvalue weighted by Gasteiger charge is 2.12. The number of amides is 1. The van der Waals surface area contributed by atoms with Crippen LogP contribution in [0.5, 0.6) is 0 Å². The van der Waals surface area contributed by atoms with Crippen LogP contribution in [-0.4, -0.2) is 10.9 Å². The maximum atomic E-state index is 13.7. The lowest BCUT2D eigenvalue weighted by Gasteiger charge is -2.11. The number of nitrogens with zero attached hydrogens (tertiary/aromatic N) is 1. The first-order valence-corrected chi connectivity index (χ1v) is 7.99. The smallest absolute Gasteiger partial charge is 0.274 e. The van der Waals surface area contributed by atoms with Crippen molar-refractivity contribution in [1.29, 1.82) is 0 Å². The molecule has 1 heterocycles. The van der Waals surface area contributed by atoms with Gasteiger partial charge in [-0.1, -0.05) is 17.7 Å². The Balaban J connectivity index is 1.79. The minimum absolute atomic E-state index is 0.106. The third-order valence-electron chi connectivity index (χ3n) is 3.83. The maximum absolute atomic E-state index is 13.7. The van der Waals surface area contributed by atoms with E-state index in [1.54, 1.807) is 12.1 Å². The standard InChI is InChI=1S/C20H17F2N3O/c1-12-3-5-17(13(2)9-12)24-15-7-8-23-19(11-15)20(26)25-18-6-4-14(21)10-16(18)22/h3-11H,1-2H3,(H,23,24)(H,25,26). The normalized spacial score (nSPS) is 10.5. The molecule has 0 saturated heterocycles. The van der Waals surface area contributed by atoms with E-state index in [9.17, 15) is 13.6 Å². The van der Waals surface area contributed by atoms with Gasteiger partial charge in [-0.2, -0.15) is 0 Å². The summed E-state index contributed by atoms with van der Waals surface area (Å²) in [4.78, 5) is 16.3. The van der Waals surface area contributed by atoms with E-state index < -0.39 is 17.5 Å². The van der Waals surface area contributed by atoms with E-state index in [0.717, 1.165) is 22.9 Å². The molecule has 1 aromatic heterocycles. The molecule has 132 valence electrons. The number of carbonyl (C=O) groups excluding carboxylic acids is 1. The van der Waals surface area contributed by atoms with Crippen molar-refractivity contribution in [3.05, 3.63) is 83.2 Å². The van der Waals surface area contributed by atoms with Crippen LogP contribution in [0, 0.1) is 25.5 Å². The molecule has 26 heavy (non-hydrogen) atoms. The van der Waals surface area contributed by atoms with Crippen molar-refractivity contribution < 1.29 is 13.6 Å². The molecule has 0 aliphatic rings. The molecular formula is C20H17F2N3O. The summed E-state index contributed by atoms with van der Waals surface area (Å²) in [6.07, 6.45) is 1.49. The molecule has 0 radical (unpaired) electrons. The van der Waals surface area contributed by atoms with Crippen LogP contribution in [0.2, 0.25) is 0 Å². The molecular weight excluding hydrogens is 336 g/mol. The highest BCUT2D eigenvalue weighted by atomic mass is 19.1. The number of hydrogen-bond donors (Lipinski definition) is 2. The lowest BCUT2D eigenvalue weighted by Crippen LogP contribution is -2.15. The predicted molar refractivity (Wildman–Crippen MR) is 97.7 cm³/mol. The number of benzene rings is 2. The fraction of sp³-hybridized carbons (Fsp3) is 0.100. The van der Waals surface area contributed by atoms with Crippen molar-refractivity contribution in [2.45, 2.75) is 13.8 Å². The van der Waals surface area contributed by atoms with E-state index in [1.807, 2.05) is 26.0 Å². The Morgan fingerprint density at radius 3 is 2.46 bits per heavy atom. The van der Waals surface area contributed by atoms with Crippen molar-refractivity contribution in [3.63, 3.8) is 0 Å². The van der Waals surface area contributed by atoms with Crippen molar-refractivity contribution in [2.24, 2.45) is 0 Å². The van der Waals surface area contributed by atoms with E-state index in [0.29, 0.717) is 11.8 Å². The summed E-state index contributed by atoms with van der Waals surface area (Å²) < 4.78 is 26.6. The van der Waals surface area contributed by atoms with Crippen LogP contribution in [0.25, 0.3) is 0 Å². The number of nitrogens with one attached hydrogen (secondary N) is 2. The Morgan fingerprint density at radius 1 is 0.962 bits per heavy atom. The number of anilines is 3. The van der Waals surface area contributed by atoms with Crippen LogP contribution < -0.4 is 10.6 Å². The zero-order valence-electron chi connectivity index (χ0n) is 14.3. The Hall–Kier alpha value is -3.28. The van der Waals surface area contributed by atoms with Gasteiger partial charge < -0.3 is 10.6 Å². The summed E-state index contributed by atoms with van der Waals surface area (Å²) in [5, 5.41) is 5.63. The average molecular weight is 353 g/mol. The van der Waals surface area contributed by atoms with E-state index >= 15 is 0 Å². The van der Waals surface area contributed by atoms with Crippen LogP contribution in [0.4, 0.5) is 25.8 Å². The molecule has 6 heteroatoms. The lowest BCUT2D eigenvalue weighted by atomic mass is 10.1. The van der Waals surface area contributed by atoms with Gasteiger partial charge in [-0.3, -0.25) is 9.78 Å². The highest BCUT2D eigenvalue weighted by Crippen LogP contribution is 2.22. The van der Waals surface area contributed by atoms with Crippen molar-refractivity contribution in [1.82, 2.24) is 4.98 Å². The minimum Gasteiger partial charge on any atom is -0.355 e. The van der Waals surface area contributed by atoms with E-state index in [4.69, 9.17) is 0 Å². The van der Waals surface area contributed by atoms with Crippen LogP contribution in [0.15, 0.2) is 54.7 Å². The van der Waals surface area contributed by atoms with Gasteiger partial charge in [0.05, 0.1) is 5.69 Å². The molecule has 0 unspecified atom stereocenters. The van der Waals surface area contributed by atoms with Gasteiger partial charge in [0.15, 0.2) is 0 Å². The number of carbonyl (C=O) groups is 1. The lowest BCUT2D eigenvalue weighted by molar-refractivity contribution is 0.102. The zero-order chi connectivity index (χ0) is 18.7. The Morgan fingerprint density at radius 2 is 1.73 bits per heavy atom. The van der Waals surface area contributed by atoms with Gasteiger partial charge in [-0.25, -0.2) is 8.78 Å². The van der Waals surface area contributed by atoms with Crippen LogP contribution in [0.3, 0.4) is 0 Å². The fourth-order valence-corrected chi connectivity index (χ4v) is 2.52. The van der Waals surface area contributed by atoms with Gasteiger partial charge in [0.2, 0.25) is 0 Å². The molecule has 4 nitrogen and oxygen atoms in total. The summed E-state index contributed by atoms with van der Waals surface area (Å²) in [6.45, 7) is 4.00. The molecule has 0 aliphatic carbocycles. The summed E-state index contributed by atoms with van der Waals surface area (Å²) in [5.41, 5.74) is 3.83. The topological polar surface area (TPSA) is 54.0 Å². The molecule has 0 saturated carbocycles. The second-order valence-corrected chi connectivity index (χ2v) is 5.95. The molecule has 0 fully saturated rings.